The summed E-state index contributed by atoms with van der Waals surface area (Å²) in [6.45, 7) is 0. The third-order valence-electron chi connectivity index (χ3n) is 3.20. The number of amides is 2. The van der Waals surface area contributed by atoms with Gasteiger partial charge in [0, 0.05) is 12.4 Å². The first-order chi connectivity index (χ1) is 11.5. The Balaban J connectivity index is 1.79. The lowest BCUT2D eigenvalue weighted by atomic mass is 10.2. The number of hydrogen-bond donors (Lipinski definition) is 2. The molecule has 3 N–H and O–H groups in total. The molecule has 0 radical (unpaired) electrons. The zero-order valence-corrected chi connectivity index (χ0v) is 13.1. The molecular weight excluding hydrogens is 330 g/mol. The molecule has 0 unspecified atom stereocenters. The highest BCUT2D eigenvalue weighted by Gasteiger charge is 2.14. The van der Waals surface area contributed by atoms with Gasteiger partial charge in [-0.15, -0.1) is 0 Å². The lowest BCUT2D eigenvalue weighted by Gasteiger charge is -2.05. The summed E-state index contributed by atoms with van der Waals surface area (Å²) in [5.74, 6) is -0.990. The van der Waals surface area contributed by atoms with Crippen LogP contribution >= 0.6 is 11.6 Å². The number of anilines is 1. The second-order valence-electron chi connectivity index (χ2n) is 4.85. The highest BCUT2D eigenvalue weighted by atomic mass is 35.5. The number of aromatic nitrogens is 3. The first kappa shape index (κ1) is 15.7. The van der Waals surface area contributed by atoms with Crippen LogP contribution < -0.4 is 11.1 Å². The summed E-state index contributed by atoms with van der Waals surface area (Å²) in [4.78, 5) is 27.3. The van der Waals surface area contributed by atoms with Gasteiger partial charge in [0.05, 0.1) is 16.3 Å². The molecule has 0 aliphatic heterocycles. The van der Waals surface area contributed by atoms with Crippen LogP contribution in [0.5, 0.6) is 0 Å². The number of carbonyl (C=O) groups excluding carboxylic acids is 2. The molecule has 2 heterocycles. The van der Waals surface area contributed by atoms with Crippen LogP contribution in [-0.2, 0) is 0 Å². The third-order valence-corrected chi connectivity index (χ3v) is 3.49. The van der Waals surface area contributed by atoms with Crippen LogP contribution in [0.2, 0.25) is 5.02 Å². The molecule has 7 nitrogen and oxygen atoms in total. The van der Waals surface area contributed by atoms with E-state index in [1.165, 1.54) is 12.3 Å². The summed E-state index contributed by atoms with van der Waals surface area (Å²) in [7, 11) is 0. The van der Waals surface area contributed by atoms with E-state index in [9.17, 15) is 9.59 Å². The van der Waals surface area contributed by atoms with Gasteiger partial charge in [-0.25, -0.2) is 9.67 Å². The topological polar surface area (TPSA) is 103 Å². The standard InChI is InChI=1S/C16H12ClN5O2/c17-12-8-10(14(18)23)9-19-15(12)20-16(24)13-6-7-22(21-13)11-4-2-1-3-5-11/h1-9H,(H2,18,23)(H,19,20,24). The highest BCUT2D eigenvalue weighted by molar-refractivity contribution is 6.33. The molecule has 8 heteroatoms. The second-order valence-corrected chi connectivity index (χ2v) is 5.26. The van der Waals surface area contributed by atoms with Gasteiger partial charge in [-0.1, -0.05) is 29.8 Å². The Bertz CT molecular complexity index is 908. The number of para-hydroxylation sites is 1. The molecule has 1 aromatic carbocycles. The van der Waals surface area contributed by atoms with Crippen LogP contribution in [0.25, 0.3) is 5.69 Å². The minimum atomic E-state index is -0.649. The number of pyridine rings is 1. The average molecular weight is 342 g/mol. The van der Waals surface area contributed by atoms with Gasteiger partial charge in [0.15, 0.2) is 11.5 Å². The summed E-state index contributed by atoms with van der Waals surface area (Å²) >= 11 is 6.00. The van der Waals surface area contributed by atoms with E-state index in [2.05, 4.69) is 15.4 Å². The minimum Gasteiger partial charge on any atom is -0.366 e. The number of nitrogens with zero attached hydrogens (tertiary/aromatic N) is 3. The van der Waals surface area contributed by atoms with Crippen LogP contribution in [-0.4, -0.2) is 26.6 Å². The third kappa shape index (κ3) is 3.26. The number of halogens is 1. The number of nitrogens with one attached hydrogen (secondary N) is 1. The summed E-state index contributed by atoms with van der Waals surface area (Å²) in [5, 5.41) is 6.87. The van der Waals surface area contributed by atoms with Gasteiger partial charge in [-0.2, -0.15) is 5.10 Å². The fraction of sp³-hybridized carbons (Fsp3) is 0. The first-order valence-electron chi connectivity index (χ1n) is 6.92. The van der Waals surface area contributed by atoms with E-state index in [0.29, 0.717) is 0 Å². The molecule has 0 spiro atoms. The zero-order chi connectivity index (χ0) is 17.1. The number of nitrogens with two attached hydrogens (primary N) is 1. The van der Waals surface area contributed by atoms with E-state index < -0.39 is 11.8 Å². The molecule has 120 valence electrons. The van der Waals surface area contributed by atoms with Gasteiger partial charge in [-0.05, 0) is 24.3 Å². The fourth-order valence-electron chi connectivity index (χ4n) is 2.01. The largest absolute Gasteiger partial charge is 0.366 e. The Hall–Kier alpha value is -3.19. The van der Waals surface area contributed by atoms with Gasteiger partial charge >= 0.3 is 0 Å². The highest BCUT2D eigenvalue weighted by Crippen LogP contribution is 2.20. The normalized spacial score (nSPS) is 10.4. The molecule has 0 saturated heterocycles. The van der Waals surface area contributed by atoms with Crippen molar-refractivity contribution in [3.05, 3.63) is 71.1 Å². The molecule has 0 atom stereocenters. The van der Waals surface area contributed by atoms with Crippen molar-refractivity contribution in [1.82, 2.24) is 14.8 Å². The predicted octanol–water partition coefficient (Wildman–Crippen LogP) is 2.27. The van der Waals surface area contributed by atoms with Gasteiger partial charge in [0.2, 0.25) is 5.91 Å². The Kier molecular flexibility index (Phi) is 4.26. The molecule has 0 aliphatic carbocycles. The SMILES string of the molecule is NC(=O)c1cnc(NC(=O)c2ccn(-c3ccccc3)n2)c(Cl)c1. The summed E-state index contributed by atoms with van der Waals surface area (Å²) in [5.41, 5.74) is 6.34. The van der Waals surface area contributed by atoms with E-state index in [-0.39, 0.29) is 22.1 Å². The number of rotatable bonds is 4. The Morgan fingerprint density at radius 2 is 1.92 bits per heavy atom. The Morgan fingerprint density at radius 3 is 2.58 bits per heavy atom. The van der Waals surface area contributed by atoms with Crippen LogP contribution in [0.4, 0.5) is 5.82 Å². The van der Waals surface area contributed by atoms with E-state index >= 15 is 0 Å². The van der Waals surface area contributed by atoms with Crippen molar-refractivity contribution in [1.29, 1.82) is 0 Å². The summed E-state index contributed by atoms with van der Waals surface area (Å²) in [6.07, 6.45) is 2.92. The maximum atomic E-state index is 12.3. The second kappa shape index (κ2) is 6.51. The first-order valence-corrected chi connectivity index (χ1v) is 7.30. The van der Waals surface area contributed by atoms with E-state index in [4.69, 9.17) is 17.3 Å². The molecule has 0 aliphatic rings. The number of benzene rings is 1. The molecule has 0 fully saturated rings. The minimum absolute atomic E-state index is 0.113. The lowest BCUT2D eigenvalue weighted by molar-refractivity contribution is 0.0997. The predicted molar refractivity (Wildman–Crippen MR) is 89.3 cm³/mol. The molecule has 2 amide bonds. The summed E-state index contributed by atoms with van der Waals surface area (Å²) < 4.78 is 1.58. The molecule has 0 bridgehead atoms. The lowest BCUT2D eigenvalue weighted by Crippen LogP contribution is -2.16. The summed E-state index contributed by atoms with van der Waals surface area (Å²) in [6, 6.07) is 12.3. The van der Waals surface area contributed by atoms with Crippen molar-refractivity contribution in [2.75, 3.05) is 5.32 Å². The quantitative estimate of drug-likeness (QED) is 0.759. The molecule has 24 heavy (non-hydrogen) atoms. The molecular formula is C16H12ClN5O2. The molecule has 0 saturated carbocycles. The van der Waals surface area contributed by atoms with Crippen molar-refractivity contribution in [2.24, 2.45) is 5.73 Å². The van der Waals surface area contributed by atoms with Crippen molar-refractivity contribution in [3.63, 3.8) is 0 Å². The monoisotopic (exact) mass is 341 g/mol. The van der Waals surface area contributed by atoms with E-state index in [0.717, 1.165) is 5.69 Å². The van der Waals surface area contributed by atoms with Crippen molar-refractivity contribution in [2.45, 2.75) is 0 Å². The van der Waals surface area contributed by atoms with Gasteiger partial charge in [0.1, 0.15) is 0 Å². The van der Waals surface area contributed by atoms with Crippen molar-refractivity contribution >= 4 is 29.2 Å². The van der Waals surface area contributed by atoms with Crippen LogP contribution in [0.3, 0.4) is 0 Å². The van der Waals surface area contributed by atoms with Crippen LogP contribution in [0.1, 0.15) is 20.8 Å². The number of primary amides is 1. The van der Waals surface area contributed by atoms with E-state index in [1.54, 1.807) is 16.9 Å². The molecule has 3 rings (SSSR count). The van der Waals surface area contributed by atoms with Crippen LogP contribution in [0.15, 0.2) is 54.9 Å². The van der Waals surface area contributed by atoms with Gasteiger partial charge in [-0.3, -0.25) is 9.59 Å². The van der Waals surface area contributed by atoms with Gasteiger partial charge < -0.3 is 11.1 Å². The Morgan fingerprint density at radius 1 is 1.17 bits per heavy atom. The number of hydrogen-bond acceptors (Lipinski definition) is 4. The zero-order valence-electron chi connectivity index (χ0n) is 12.3. The Labute approximate surface area is 142 Å². The van der Waals surface area contributed by atoms with Crippen molar-refractivity contribution in [3.8, 4) is 5.69 Å². The average Bonchev–Trinajstić information content (AvgIpc) is 3.07. The van der Waals surface area contributed by atoms with Crippen molar-refractivity contribution < 1.29 is 9.59 Å². The van der Waals surface area contributed by atoms with Gasteiger partial charge in [0.25, 0.3) is 5.91 Å². The maximum Gasteiger partial charge on any atom is 0.277 e. The van der Waals surface area contributed by atoms with E-state index in [1.807, 2.05) is 30.3 Å². The smallest absolute Gasteiger partial charge is 0.277 e. The maximum absolute atomic E-state index is 12.3. The molecule has 2 aromatic heterocycles. The molecule has 3 aromatic rings. The fourth-order valence-corrected chi connectivity index (χ4v) is 2.22. The number of carbonyl (C=O) groups is 2. The van der Waals surface area contributed by atoms with Crippen LogP contribution in [0, 0.1) is 0 Å².